The van der Waals surface area contributed by atoms with Crippen LogP contribution in [0.2, 0.25) is 0 Å². The Morgan fingerprint density at radius 3 is 2.79 bits per heavy atom. The van der Waals surface area contributed by atoms with Gasteiger partial charge in [0.2, 0.25) is 5.91 Å². The quantitative estimate of drug-likeness (QED) is 0.743. The van der Waals surface area contributed by atoms with E-state index in [9.17, 15) is 9.59 Å². The average molecular weight is 210 g/mol. The molecule has 0 spiro atoms. The lowest BCUT2D eigenvalue weighted by atomic mass is 10.2. The number of carbonyl (C=O) groups is 2. The lowest BCUT2D eigenvalue weighted by molar-refractivity contribution is -0.118. The van der Waals surface area contributed by atoms with Gasteiger partial charge < -0.3 is 4.90 Å². The van der Waals surface area contributed by atoms with Crippen LogP contribution in [0.5, 0.6) is 0 Å². The van der Waals surface area contributed by atoms with Gasteiger partial charge in [-0.15, -0.1) is 0 Å². The zero-order valence-corrected chi connectivity index (χ0v) is 8.56. The minimum atomic E-state index is -0.291. The first-order valence-corrected chi connectivity index (χ1v) is 5.21. The zero-order valence-electron chi connectivity index (χ0n) is 7.74. The third-order valence-electron chi connectivity index (χ3n) is 2.19. The number of amides is 3. The van der Waals surface area contributed by atoms with Gasteiger partial charge in [0, 0.05) is 6.54 Å². The second kappa shape index (κ2) is 3.42. The molecule has 0 atom stereocenters. The first kappa shape index (κ1) is 9.21. The van der Waals surface area contributed by atoms with Gasteiger partial charge in [0.1, 0.15) is 6.54 Å². The molecule has 2 heterocycles. The van der Waals surface area contributed by atoms with Gasteiger partial charge in [0.15, 0.2) is 0 Å². The van der Waals surface area contributed by atoms with Crippen molar-refractivity contribution in [1.29, 1.82) is 0 Å². The Morgan fingerprint density at radius 2 is 2.29 bits per heavy atom. The van der Waals surface area contributed by atoms with E-state index in [2.05, 4.69) is 5.32 Å². The van der Waals surface area contributed by atoms with Crippen LogP contribution >= 0.6 is 11.3 Å². The zero-order chi connectivity index (χ0) is 10.1. The lowest BCUT2D eigenvalue weighted by Gasteiger charge is -2.12. The largest absolute Gasteiger partial charge is 0.324 e. The van der Waals surface area contributed by atoms with E-state index in [-0.39, 0.29) is 18.5 Å². The molecule has 1 aliphatic rings. The summed E-state index contributed by atoms with van der Waals surface area (Å²) in [6.07, 6.45) is 0. The molecule has 0 unspecified atom stereocenters. The van der Waals surface area contributed by atoms with Crippen LogP contribution in [-0.2, 0) is 11.3 Å². The molecule has 3 amide bonds. The van der Waals surface area contributed by atoms with Gasteiger partial charge in [-0.25, -0.2) is 4.79 Å². The van der Waals surface area contributed by atoms with Crippen molar-refractivity contribution in [3.8, 4) is 0 Å². The van der Waals surface area contributed by atoms with Crippen molar-refractivity contribution in [2.75, 3.05) is 6.54 Å². The highest BCUT2D eigenvalue weighted by Gasteiger charge is 2.26. The van der Waals surface area contributed by atoms with Gasteiger partial charge in [-0.3, -0.25) is 10.1 Å². The minimum absolute atomic E-state index is 0.175. The molecule has 0 bridgehead atoms. The maximum Gasteiger partial charge on any atom is 0.324 e. The summed E-state index contributed by atoms with van der Waals surface area (Å²) >= 11 is 1.61. The Hall–Kier alpha value is -1.36. The predicted molar refractivity (Wildman–Crippen MR) is 53.0 cm³/mol. The number of aryl methyl sites for hydroxylation is 1. The number of nitrogens with zero attached hydrogens (tertiary/aromatic N) is 1. The highest BCUT2D eigenvalue weighted by molar-refractivity contribution is 7.08. The van der Waals surface area contributed by atoms with Crippen molar-refractivity contribution in [2.45, 2.75) is 13.5 Å². The molecule has 5 heteroatoms. The first-order valence-electron chi connectivity index (χ1n) is 4.27. The molecule has 0 aliphatic carbocycles. The molecular formula is C9H10N2O2S. The third kappa shape index (κ3) is 1.63. The fourth-order valence-corrected chi connectivity index (χ4v) is 2.21. The lowest BCUT2D eigenvalue weighted by Crippen LogP contribution is -2.27. The van der Waals surface area contributed by atoms with E-state index in [0.717, 1.165) is 5.56 Å². The molecule has 1 N–H and O–H groups in total. The van der Waals surface area contributed by atoms with Crippen molar-refractivity contribution in [2.24, 2.45) is 0 Å². The maximum absolute atomic E-state index is 11.2. The first-order chi connectivity index (χ1) is 6.66. The Kier molecular flexibility index (Phi) is 2.25. The van der Waals surface area contributed by atoms with Crippen LogP contribution in [0.3, 0.4) is 0 Å². The van der Waals surface area contributed by atoms with E-state index in [1.807, 2.05) is 17.7 Å². The van der Waals surface area contributed by atoms with Crippen molar-refractivity contribution in [1.82, 2.24) is 10.2 Å². The van der Waals surface area contributed by atoms with Gasteiger partial charge in [0.05, 0.1) is 0 Å². The second-order valence-electron chi connectivity index (χ2n) is 3.29. The fraction of sp³-hybridized carbons (Fsp3) is 0.333. The Labute approximate surface area is 85.5 Å². The summed E-state index contributed by atoms with van der Waals surface area (Å²) in [5.74, 6) is -0.220. The van der Waals surface area contributed by atoms with Crippen LogP contribution in [0.1, 0.15) is 11.1 Å². The van der Waals surface area contributed by atoms with E-state index in [4.69, 9.17) is 0 Å². The molecule has 0 saturated carbocycles. The van der Waals surface area contributed by atoms with Crippen LogP contribution in [0.15, 0.2) is 10.8 Å². The number of nitrogens with one attached hydrogen (secondary N) is 1. The monoisotopic (exact) mass is 210 g/mol. The summed E-state index contributed by atoms with van der Waals surface area (Å²) in [4.78, 5) is 23.6. The van der Waals surface area contributed by atoms with Crippen molar-refractivity contribution >= 4 is 23.3 Å². The molecule has 1 aliphatic heterocycles. The van der Waals surface area contributed by atoms with E-state index in [1.165, 1.54) is 10.5 Å². The van der Waals surface area contributed by atoms with Gasteiger partial charge in [-0.1, -0.05) is 0 Å². The number of urea groups is 1. The average Bonchev–Trinajstić information content (AvgIpc) is 2.62. The summed E-state index contributed by atoms with van der Waals surface area (Å²) in [5, 5.41) is 6.29. The topological polar surface area (TPSA) is 49.4 Å². The summed E-state index contributed by atoms with van der Waals surface area (Å²) in [6, 6.07) is -0.291. The summed E-state index contributed by atoms with van der Waals surface area (Å²) in [7, 11) is 0. The summed E-state index contributed by atoms with van der Waals surface area (Å²) < 4.78 is 0. The van der Waals surface area contributed by atoms with E-state index >= 15 is 0 Å². The van der Waals surface area contributed by atoms with Crippen LogP contribution in [0, 0.1) is 6.92 Å². The highest BCUT2D eigenvalue weighted by atomic mass is 32.1. The number of imide groups is 1. The molecule has 4 nitrogen and oxygen atoms in total. The Bertz CT molecular complexity index is 386. The van der Waals surface area contributed by atoms with Gasteiger partial charge in [-0.05, 0) is 28.8 Å². The summed E-state index contributed by atoms with van der Waals surface area (Å²) in [5.41, 5.74) is 2.28. The van der Waals surface area contributed by atoms with Gasteiger partial charge in [-0.2, -0.15) is 11.3 Å². The summed E-state index contributed by atoms with van der Waals surface area (Å²) in [6.45, 7) is 2.70. The number of carbonyl (C=O) groups excluding carboxylic acids is 2. The predicted octanol–water partition coefficient (Wildman–Crippen LogP) is 1.11. The van der Waals surface area contributed by atoms with Crippen LogP contribution in [0.4, 0.5) is 4.79 Å². The van der Waals surface area contributed by atoms with Crippen LogP contribution in [0.25, 0.3) is 0 Å². The smallest absolute Gasteiger partial charge is 0.311 e. The molecule has 14 heavy (non-hydrogen) atoms. The maximum atomic E-state index is 11.2. The number of thiophene rings is 1. The molecule has 2 rings (SSSR count). The molecule has 1 fully saturated rings. The number of rotatable bonds is 2. The standard InChI is InChI=1S/C9H10N2O2S/c1-6-4-14-5-7(6)2-11-3-8(12)10-9(11)13/h4-5H,2-3H2,1H3,(H,10,12,13). The fourth-order valence-electron chi connectivity index (χ4n) is 1.37. The van der Waals surface area contributed by atoms with Gasteiger partial charge in [0.25, 0.3) is 0 Å². The van der Waals surface area contributed by atoms with Crippen LogP contribution in [-0.4, -0.2) is 23.4 Å². The molecule has 74 valence electrons. The number of hydrogen-bond acceptors (Lipinski definition) is 3. The number of hydrogen-bond donors (Lipinski definition) is 1. The van der Waals surface area contributed by atoms with Crippen molar-refractivity contribution in [3.05, 3.63) is 21.9 Å². The SMILES string of the molecule is Cc1cscc1CN1CC(=O)NC1=O. The molecule has 0 radical (unpaired) electrons. The third-order valence-corrected chi connectivity index (χ3v) is 3.10. The minimum Gasteiger partial charge on any atom is -0.311 e. The second-order valence-corrected chi connectivity index (χ2v) is 4.03. The van der Waals surface area contributed by atoms with E-state index in [0.29, 0.717) is 6.54 Å². The van der Waals surface area contributed by atoms with E-state index in [1.54, 1.807) is 11.3 Å². The Morgan fingerprint density at radius 1 is 1.50 bits per heavy atom. The Balaban J connectivity index is 2.09. The molecule has 0 aromatic carbocycles. The van der Waals surface area contributed by atoms with Crippen LogP contribution < -0.4 is 5.32 Å². The molecule has 1 aromatic heterocycles. The molecular weight excluding hydrogens is 200 g/mol. The van der Waals surface area contributed by atoms with Gasteiger partial charge >= 0.3 is 6.03 Å². The normalized spacial score (nSPS) is 16.2. The highest BCUT2D eigenvalue weighted by Crippen LogP contribution is 2.16. The molecule has 1 aromatic rings. The van der Waals surface area contributed by atoms with E-state index < -0.39 is 0 Å². The molecule has 1 saturated heterocycles. The van der Waals surface area contributed by atoms with Crippen molar-refractivity contribution < 1.29 is 9.59 Å². The van der Waals surface area contributed by atoms with Crippen molar-refractivity contribution in [3.63, 3.8) is 0 Å².